The molecule has 6 heteroatoms. The number of alkyl halides is 2. The Balaban J connectivity index is 2.38. The van der Waals surface area contributed by atoms with E-state index in [0.717, 1.165) is 6.07 Å². The summed E-state index contributed by atoms with van der Waals surface area (Å²) in [7, 11) is 0. The maximum Gasteiger partial charge on any atom is 0.267 e. The summed E-state index contributed by atoms with van der Waals surface area (Å²) in [6.07, 6.45) is -2.75. The van der Waals surface area contributed by atoms with Gasteiger partial charge in [0, 0.05) is 10.2 Å². The highest BCUT2D eigenvalue weighted by atomic mass is 79.9. The first kappa shape index (κ1) is 13.7. The van der Waals surface area contributed by atoms with Gasteiger partial charge in [0.2, 0.25) is 0 Å². The lowest BCUT2D eigenvalue weighted by atomic mass is 10.2. The average Bonchev–Trinajstić information content (AvgIpc) is 2.34. The number of halogens is 4. The number of rotatable bonds is 3. The van der Waals surface area contributed by atoms with E-state index in [1.165, 1.54) is 24.3 Å². The van der Waals surface area contributed by atoms with Crippen LogP contribution in [0.3, 0.4) is 0 Å². The van der Waals surface area contributed by atoms with E-state index in [9.17, 15) is 13.2 Å². The summed E-state index contributed by atoms with van der Waals surface area (Å²) >= 11 is 3.10. The lowest BCUT2D eigenvalue weighted by molar-refractivity contribution is 0.148. The normalized spacial score (nSPS) is 10.8. The summed E-state index contributed by atoms with van der Waals surface area (Å²) in [4.78, 5) is 0. The Morgan fingerprint density at radius 2 is 1.74 bits per heavy atom. The first-order chi connectivity index (χ1) is 8.97. The molecule has 2 nitrogen and oxygen atoms in total. The van der Waals surface area contributed by atoms with E-state index < -0.39 is 12.2 Å². The Morgan fingerprint density at radius 1 is 1.05 bits per heavy atom. The fourth-order valence-electron chi connectivity index (χ4n) is 1.51. The Morgan fingerprint density at radius 3 is 2.37 bits per heavy atom. The highest BCUT2D eigenvalue weighted by Gasteiger charge is 2.16. The molecule has 0 aliphatic rings. The summed E-state index contributed by atoms with van der Waals surface area (Å²) in [5, 5.41) is 0. The summed E-state index contributed by atoms with van der Waals surface area (Å²) in [6.45, 7) is 0. The third-order valence-electron chi connectivity index (χ3n) is 2.38. The minimum absolute atomic E-state index is 0.120. The lowest BCUT2D eigenvalue weighted by Gasteiger charge is -2.12. The van der Waals surface area contributed by atoms with E-state index in [0.29, 0.717) is 4.47 Å². The van der Waals surface area contributed by atoms with Crippen molar-refractivity contribution in [2.45, 2.75) is 6.43 Å². The van der Waals surface area contributed by atoms with Gasteiger partial charge in [0.05, 0.1) is 5.56 Å². The molecule has 2 N–H and O–H groups in total. The molecule has 0 bridgehead atoms. The molecule has 0 atom stereocenters. The van der Waals surface area contributed by atoms with Crippen LogP contribution >= 0.6 is 15.9 Å². The first-order valence-corrected chi connectivity index (χ1v) is 6.07. The van der Waals surface area contributed by atoms with Crippen LogP contribution in [0.2, 0.25) is 0 Å². The number of hydrogen-bond acceptors (Lipinski definition) is 2. The van der Waals surface area contributed by atoms with Crippen LogP contribution < -0.4 is 10.5 Å². The maximum atomic E-state index is 13.6. The zero-order valence-corrected chi connectivity index (χ0v) is 11.1. The van der Waals surface area contributed by atoms with E-state index in [1.807, 2.05) is 0 Å². The van der Waals surface area contributed by atoms with E-state index in [4.69, 9.17) is 10.5 Å². The topological polar surface area (TPSA) is 35.2 Å². The SMILES string of the molecule is Nc1ccc(Oc2ccc(Br)cc2F)c(C(F)F)c1. The van der Waals surface area contributed by atoms with E-state index >= 15 is 0 Å². The van der Waals surface area contributed by atoms with Crippen molar-refractivity contribution in [3.8, 4) is 11.5 Å². The quantitative estimate of drug-likeness (QED) is 0.812. The Kier molecular flexibility index (Phi) is 3.99. The summed E-state index contributed by atoms with van der Waals surface area (Å²) < 4.78 is 45.0. The Labute approximate surface area is 116 Å². The molecule has 0 heterocycles. The zero-order valence-electron chi connectivity index (χ0n) is 9.54. The molecule has 0 aliphatic heterocycles. The molecule has 0 fully saturated rings. The molecule has 0 amide bonds. The Hall–Kier alpha value is -1.69. The molecule has 19 heavy (non-hydrogen) atoms. The van der Waals surface area contributed by atoms with Crippen LogP contribution in [0.15, 0.2) is 40.9 Å². The van der Waals surface area contributed by atoms with Crippen LogP contribution in [0.1, 0.15) is 12.0 Å². The molecule has 100 valence electrons. The number of hydrogen-bond donors (Lipinski definition) is 1. The van der Waals surface area contributed by atoms with Crippen molar-refractivity contribution in [3.63, 3.8) is 0 Å². The minimum Gasteiger partial charge on any atom is -0.454 e. The molecule has 0 spiro atoms. The van der Waals surface area contributed by atoms with Crippen molar-refractivity contribution in [1.29, 1.82) is 0 Å². The highest BCUT2D eigenvalue weighted by molar-refractivity contribution is 9.10. The number of nitrogens with two attached hydrogens (primary N) is 1. The molecule has 0 aromatic heterocycles. The van der Waals surface area contributed by atoms with Crippen molar-refractivity contribution in [3.05, 3.63) is 52.3 Å². The summed E-state index contributed by atoms with van der Waals surface area (Å²) in [5.74, 6) is -0.897. The number of anilines is 1. The van der Waals surface area contributed by atoms with Gasteiger partial charge in [-0.3, -0.25) is 0 Å². The van der Waals surface area contributed by atoms with Crippen molar-refractivity contribution in [1.82, 2.24) is 0 Å². The van der Waals surface area contributed by atoms with E-state index in [2.05, 4.69) is 15.9 Å². The van der Waals surface area contributed by atoms with Gasteiger partial charge in [-0.15, -0.1) is 0 Å². The maximum absolute atomic E-state index is 13.6. The fourth-order valence-corrected chi connectivity index (χ4v) is 1.84. The van der Waals surface area contributed by atoms with Crippen molar-refractivity contribution in [2.75, 3.05) is 5.73 Å². The number of benzene rings is 2. The highest BCUT2D eigenvalue weighted by Crippen LogP contribution is 2.35. The van der Waals surface area contributed by atoms with E-state index in [1.54, 1.807) is 6.07 Å². The van der Waals surface area contributed by atoms with E-state index in [-0.39, 0.29) is 22.7 Å². The van der Waals surface area contributed by atoms with Crippen molar-refractivity contribution >= 4 is 21.6 Å². The molecule has 2 aromatic carbocycles. The molecular weight excluding hydrogens is 323 g/mol. The lowest BCUT2D eigenvalue weighted by Crippen LogP contribution is -1.96. The third kappa shape index (κ3) is 3.20. The predicted octanol–water partition coefficient (Wildman–Crippen LogP) is 4.90. The molecule has 0 radical (unpaired) electrons. The third-order valence-corrected chi connectivity index (χ3v) is 2.88. The predicted molar refractivity (Wildman–Crippen MR) is 70.0 cm³/mol. The second-order valence-electron chi connectivity index (χ2n) is 3.77. The zero-order chi connectivity index (χ0) is 14.0. The first-order valence-electron chi connectivity index (χ1n) is 5.28. The largest absolute Gasteiger partial charge is 0.454 e. The van der Waals surface area contributed by atoms with Crippen LogP contribution in [-0.4, -0.2) is 0 Å². The molecular formula is C13H9BrF3NO. The minimum atomic E-state index is -2.75. The van der Waals surface area contributed by atoms with Gasteiger partial charge in [0.15, 0.2) is 11.6 Å². The molecule has 2 rings (SSSR count). The van der Waals surface area contributed by atoms with Crippen LogP contribution in [0.4, 0.5) is 18.9 Å². The van der Waals surface area contributed by atoms with Gasteiger partial charge in [0.1, 0.15) is 5.75 Å². The summed E-state index contributed by atoms with van der Waals surface area (Å²) in [6, 6.07) is 7.91. The van der Waals surface area contributed by atoms with Gasteiger partial charge in [-0.2, -0.15) is 0 Å². The van der Waals surface area contributed by atoms with Crippen molar-refractivity contribution < 1.29 is 17.9 Å². The number of nitrogen functional groups attached to an aromatic ring is 1. The average molecular weight is 332 g/mol. The Bertz CT molecular complexity index is 604. The molecule has 0 aliphatic carbocycles. The molecule has 2 aromatic rings. The number of ether oxygens (including phenoxy) is 1. The van der Waals surface area contributed by atoms with Crippen LogP contribution in [-0.2, 0) is 0 Å². The standard InChI is InChI=1S/C13H9BrF3NO/c14-7-1-3-12(10(15)5-7)19-11-4-2-8(18)6-9(11)13(16)17/h1-6,13H,18H2. The molecule has 0 unspecified atom stereocenters. The molecule has 0 saturated heterocycles. The van der Waals surface area contributed by atoms with Gasteiger partial charge < -0.3 is 10.5 Å². The van der Waals surface area contributed by atoms with Gasteiger partial charge in [-0.25, -0.2) is 13.2 Å². The summed E-state index contributed by atoms with van der Waals surface area (Å²) in [5.41, 5.74) is 5.26. The second-order valence-corrected chi connectivity index (χ2v) is 4.69. The van der Waals surface area contributed by atoms with Gasteiger partial charge in [0.25, 0.3) is 6.43 Å². The van der Waals surface area contributed by atoms with Gasteiger partial charge in [-0.1, -0.05) is 15.9 Å². The van der Waals surface area contributed by atoms with Crippen LogP contribution in [0.25, 0.3) is 0 Å². The van der Waals surface area contributed by atoms with Gasteiger partial charge >= 0.3 is 0 Å². The fraction of sp³-hybridized carbons (Fsp3) is 0.0769. The smallest absolute Gasteiger partial charge is 0.267 e. The van der Waals surface area contributed by atoms with Crippen LogP contribution in [0, 0.1) is 5.82 Å². The van der Waals surface area contributed by atoms with Gasteiger partial charge in [-0.05, 0) is 36.4 Å². The monoisotopic (exact) mass is 331 g/mol. The van der Waals surface area contributed by atoms with Crippen molar-refractivity contribution in [2.24, 2.45) is 0 Å². The second kappa shape index (κ2) is 5.52. The molecule has 0 saturated carbocycles. The van der Waals surface area contributed by atoms with Crippen LogP contribution in [0.5, 0.6) is 11.5 Å².